The second kappa shape index (κ2) is 7.59. The molecule has 1 heterocycles. The second-order valence-electron chi connectivity index (χ2n) is 5.83. The summed E-state index contributed by atoms with van der Waals surface area (Å²) < 4.78 is 22.2. The van der Waals surface area contributed by atoms with Gasteiger partial charge in [0.05, 0.1) is 12.2 Å². The summed E-state index contributed by atoms with van der Waals surface area (Å²) in [4.78, 5) is 26.2. The van der Waals surface area contributed by atoms with Gasteiger partial charge >= 0.3 is 0 Å². The molecule has 0 aliphatic carbocycles. The zero-order valence-corrected chi connectivity index (χ0v) is 14.0. The van der Waals surface area contributed by atoms with Crippen molar-refractivity contribution in [2.24, 2.45) is 0 Å². The van der Waals surface area contributed by atoms with E-state index < -0.39 is 15.9 Å². The molecule has 2 amide bonds. The molecule has 1 aromatic carbocycles. The third-order valence-electron chi connectivity index (χ3n) is 3.85. The predicted molar refractivity (Wildman–Crippen MR) is 87.6 cm³/mol. The van der Waals surface area contributed by atoms with Crippen LogP contribution < -0.4 is 5.32 Å². The van der Waals surface area contributed by atoms with Gasteiger partial charge in [0.25, 0.3) is 0 Å². The molecule has 1 atom stereocenters. The smallest absolute Gasteiger partial charge is 0.242 e. The molecule has 0 radical (unpaired) electrons. The summed E-state index contributed by atoms with van der Waals surface area (Å²) in [6, 6.07) is 8.92. The van der Waals surface area contributed by atoms with Crippen molar-refractivity contribution >= 4 is 21.7 Å². The lowest BCUT2D eigenvalue weighted by atomic mass is 10.1. The van der Waals surface area contributed by atoms with Crippen molar-refractivity contribution in [2.75, 3.05) is 25.1 Å². The van der Waals surface area contributed by atoms with E-state index in [2.05, 4.69) is 5.32 Å². The van der Waals surface area contributed by atoms with Crippen LogP contribution in [0.2, 0.25) is 0 Å². The Labute approximate surface area is 136 Å². The molecular weight excluding hydrogens is 316 g/mol. The van der Waals surface area contributed by atoms with Crippen LogP contribution >= 0.6 is 0 Å². The third-order valence-corrected chi connectivity index (χ3v) is 4.79. The molecule has 2 rings (SSSR count). The number of hydrogen-bond acceptors (Lipinski definition) is 4. The van der Waals surface area contributed by atoms with Gasteiger partial charge < -0.3 is 10.2 Å². The molecule has 1 aromatic rings. The van der Waals surface area contributed by atoms with Crippen molar-refractivity contribution in [1.82, 2.24) is 10.2 Å². The second-order valence-corrected chi connectivity index (χ2v) is 8.09. The third kappa shape index (κ3) is 5.35. The molecule has 23 heavy (non-hydrogen) atoms. The monoisotopic (exact) mass is 338 g/mol. The Kier molecular flexibility index (Phi) is 5.76. The van der Waals surface area contributed by atoms with Crippen LogP contribution in [0.5, 0.6) is 0 Å². The van der Waals surface area contributed by atoms with E-state index in [1.54, 1.807) is 4.90 Å². The molecule has 1 saturated heterocycles. The molecule has 0 saturated carbocycles. The predicted octanol–water partition coefficient (Wildman–Crippen LogP) is 0.381. The maximum Gasteiger partial charge on any atom is 0.242 e. The minimum atomic E-state index is -3.11. The highest BCUT2D eigenvalue weighted by atomic mass is 32.2. The van der Waals surface area contributed by atoms with E-state index in [4.69, 9.17) is 0 Å². The molecule has 7 heteroatoms. The van der Waals surface area contributed by atoms with Gasteiger partial charge in [0.15, 0.2) is 0 Å². The fourth-order valence-corrected chi connectivity index (χ4v) is 3.16. The quantitative estimate of drug-likeness (QED) is 0.813. The van der Waals surface area contributed by atoms with Gasteiger partial charge in [-0.25, -0.2) is 8.42 Å². The number of nitrogens with one attached hydrogen (secondary N) is 1. The topological polar surface area (TPSA) is 83.6 Å². The largest absolute Gasteiger partial charge is 0.353 e. The highest BCUT2D eigenvalue weighted by Gasteiger charge is 2.33. The number of benzene rings is 1. The summed E-state index contributed by atoms with van der Waals surface area (Å²) in [7, 11) is -3.11. The first-order chi connectivity index (χ1) is 10.9. The van der Waals surface area contributed by atoms with Crippen LogP contribution in [0.15, 0.2) is 30.3 Å². The number of sulfone groups is 1. The first kappa shape index (κ1) is 17.5. The molecule has 126 valence electrons. The van der Waals surface area contributed by atoms with Gasteiger partial charge in [0.1, 0.15) is 15.9 Å². The standard InChI is InChI=1S/C16H22N2O4S/c1-23(21,22)11-9-17-16(20)14-8-5-10-18(14)15(19)12-13-6-3-2-4-7-13/h2-4,6-7,14H,5,8-12H2,1H3,(H,17,20). The zero-order valence-electron chi connectivity index (χ0n) is 13.2. The molecule has 0 bridgehead atoms. The van der Waals surface area contributed by atoms with Crippen molar-refractivity contribution in [3.05, 3.63) is 35.9 Å². The lowest BCUT2D eigenvalue weighted by molar-refractivity contribution is -0.137. The van der Waals surface area contributed by atoms with Gasteiger partial charge in [-0.05, 0) is 18.4 Å². The van der Waals surface area contributed by atoms with Crippen LogP contribution in [0, 0.1) is 0 Å². The van der Waals surface area contributed by atoms with Crippen LogP contribution in [0.3, 0.4) is 0 Å². The number of amides is 2. The summed E-state index contributed by atoms with van der Waals surface area (Å²) in [5.74, 6) is -0.437. The SMILES string of the molecule is CS(=O)(=O)CCNC(=O)C1CCCN1C(=O)Cc1ccccc1. The molecule has 1 aliphatic heterocycles. The van der Waals surface area contributed by atoms with Gasteiger partial charge in [-0.3, -0.25) is 9.59 Å². The lowest BCUT2D eigenvalue weighted by Crippen LogP contribution is -2.47. The summed E-state index contributed by atoms with van der Waals surface area (Å²) in [6.07, 6.45) is 2.80. The molecule has 1 N–H and O–H groups in total. The van der Waals surface area contributed by atoms with Gasteiger partial charge in [0.2, 0.25) is 11.8 Å². The van der Waals surface area contributed by atoms with Crippen LogP contribution in [0.1, 0.15) is 18.4 Å². The van der Waals surface area contributed by atoms with E-state index >= 15 is 0 Å². The number of rotatable bonds is 6. The molecule has 1 aliphatic rings. The van der Waals surface area contributed by atoms with Crippen LogP contribution in [-0.2, 0) is 25.8 Å². The van der Waals surface area contributed by atoms with Crippen molar-refractivity contribution in [2.45, 2.75) is 25.3 Å². The summed E-state index contributed by atoms with van der Waals surface area (Å²) >= 11 is 0. The fourth-order valence-electron chi connectivity index (χ4n) is 2.69. The summed E-state index contributed by atoms with van der Waals surface area (Å²) in [6.45, 7) is 0.644. The minimum Gasteiger partial charge on any atom is -0.353 e. The average Bonchev–Trinajstić information content (AvgIpc) is 2.96. The summed E-state index contributed by atoms with van der Waals surface area (Å²) in [5, 5.41) is 2.62. The Hall–Kier alpha value is -1.89. The Morgan fingerprint density at radius 3 is 2.61 bits per heavy atom. The van der Waals surface area contributed by atoms with Crippen LogP contribution in [-0.4, -0.2) is 56.3 Å². The molecule has 0 spiro atoms. The van der Waals surface area contributed by atoms with Gasteiger partial charge in [-0.1, -0.05) is 30.3 Å². The Balaban J connectivity index is 1.91. The van der Waals surface area contributed by atoms with E-state index in [0.717, 1.165) is 18.2 Å². The summed E-state index contributed by atoms with van der Waals surface area (Å²) in [5.41, 5.74) is 0.917. The number of likely N-dealkylation sites (tertiary alicyclic amines) is 1. The van der Waals surface area contributed by atoms with Crippen molar-refractivity contribution in [3.63, 3.8) is 0 Å². The van der Waals surface area contributed by atoms with Gasteiger partial charge in [-0.2, -0.15) is 0 Å². The molecule has 6 nitrogen and oxygen atoms in total. The Morgan fingerprint density at radius 1 is 1.26 bits per heavy atom. The van der Waals surface area contributed by atoms with Crippen LogP contribution in [0.4, 0.5) is 0 Å². The Bertz CT molecular complexity index is 658. The van der Waals surface area contributed by atoms with Crippen molar-refractivity contribution in [1.29, 1.82) is 0 Å². The molecule has 0 aromatic heterocycles. The van der Waals surface area contributed by atoms with Gasteiger partial charge in [-0.15, -0.1) is 0 Å². The number of nitrogens with zero attached hydrogens (tertiary/aromatic N) is 1. The minimum absolute atomic E-state index is 0.0723. The maximum absolute atomic E-state index is 12.4. The molecular formula is C16H22N2O4S. The zero-order chi connectivity index (χ0) is 16.9. The van der Waals surface area contributed by atoms with Crippen LogP contribution in [0.25, 0.3) is 0 Å². The average molecular weight is 338 g/mol. The fraction of sp³-hybridized carbons (Fsp3) is 0.500. The van der Waals surface area contributed by atoms with Crippen molar-refractivity contribution in [3.8, 4) is 0 Å². The normalized spacial score (nSPS) is 18.0. The van der Waals surface area contributed by atoms with Crippen molar-refractivity contribution < 1.29 is 18.0 Å². The van der Waals surface area contributed by atoms with E-state index in [9.17, 15) is 18.0 Å². The number of hydrogen-bond donors (Lipinski definition) is 1. The first-order valence-corrected chi connectivity index (χ1v) is 9.72. The van der Waals surface area contributed by atoms with E-state index in [1.807, 2.05) is 30.3 Å². The highest BCUT2D eigenvalue weighted by Crippen LogP contribution is 2.19. The number of carbonyl (C=O) groups is 2. The first-order valence-electron chi connectivity index (χ1n) is 7.65. The van der Waals surface area contributed by atoms with E-state index in [1.165, 1.54) is 0 Å². The lowest BCUT2D eigenvalue weighted by Gasteiger charge is -2.24. The number of carbonyl (C=O) groups excluding carboxylic acids is 2. The van der Waals surface area contributed by atoms with E-state index in [-0.39, 0.29) is 30.5 Å². The molecule has 1 unspecified atom stereocenters. The highest BCUT2D eigenvalue weighted by molar-refractivity contribution is 7.90. The molecule has 1 fully saturated rings. The Morgan fingerprint density at radius 2 is 1.96 bits per heavy atom. The van der Waals surface area contributed by atoms with E-state index in [0.29, 0.717) is 13.0 Å². The maximum atomic E-state index is 12.4. The van der Waals surface area contributed by atoms with Gasteiger partial charge in [0, 0.05) is 19.3 Å².